The second kappa shape index (κ2) is 6.19. The fourth-order valence-corrected chi connectivity index (χ4v) is 5.58. The van der Waals surface area contributed by atoms with Crippen LogP contribution in [0.3, 0.4) is 0 Å². The first-order valence-corrected chi connectivity index (χ1v) is 10.4. The van der Waals surface area contributed by atoms with Crippen LogP contribution in [-0.2, 0) is 13.0 Å². The second-order valence-electron chi connectivity index (χ2n) is 8.88. The molecule has 0 spiro atoms. The lowest BCUT2D eigenvalue weighted by Gasteiger charge is -2.30. The van der Waals surface area contributed by atoms with Gasteiger partial charge < -0.3 is 4.90 Å². The molecule has 0 radical (unpaired) electrons. The van der Waals surface area contributed by atoms with E-state index in [1.54, 1.807) is 4.57 Å². The van der Waals surface area contributed by atoms with E-state index in [2.05, 4.69) is 20.8 Å². The van der Waals surface area contributed by atoms with Crippen molar-refractivity contribution in [3.8, 4) is 0 Å². The summed E-state index contributed by atoms with van der Waals surface area (Å²) in [6, 6.07) is 0.297. The predicted octanol–water partition coefficient (Wildman–Crippen LogP) is 3.75. The molecule has 1 amide bonds. The molecule has 2 aliphatic rings. The van der Waals surface area contributed by atoms with E-state index < -0.39 is 0 Å². The van der Waals surface area contributed by atoms with Crippen LogP contribution in [0, 0.1) is 12.3 Å². The molecule has 1 fully saturated rings. The highest BCUT2D eigenvalue weighted by Gasteiger charge is 2.34. The molecule has 0 aromatic carbocycles. The molecular weight excluding hydrogens is 346 g/mol. The van der Waals surface area contributed by atoms with Gasteiger partial charge in [-0.2, -0.15) is 0 Å². The zero-order valence-electron chi connectivity index (χ0n) is 16.1. The Balaban J connectivity index is 1.73. The standard InChI is InChI=1S/C20H27N3O2S/c1-12-15-17(21-14-8-6-10-23(14)18(15)24)26-16(12)19(25)22-9-5-7-13(22)11-20(2,3)4/h13H,5-11H2,1-4H3. The summed E-state index contributed by atoms with van der Waals surface area (Å²) in [4.78, 5) is 34.3. The molecule has 4 heterocycles. The highest BCUT2D eigenvalue weighted by Crippen LogP contribution is 2.34. The van der Waals surface area contributed by atoms with E-state index in [0.717, 1.165) is 61.4 Å². The number of aromatic nitrogens is 2. The third-order valence-corrected chi connectivity index (χ3v) is 6.77. The van der Waals surface area contributed by atoms with E-state index in [4.69, 9.17) is 4.98 Å². The zero-order valence-corrected chi connectivity index (χ0v) is 16.9. The van der Waals surface area contributed by atoms with E-state index in [0.29, 0.717) is 16.3 Å². The van der Waals surface area contributed by atoms with Crippen LogP contribution < -0.4 is 5.56 Å². The van der Waals surface area contributed by atoms with Gasteiger partial charge in [-0.05, 0) is 43.6 Å². The highest BCUT2D eigenvalue weighted by atomic mass is 32.1. The van der Waals surface area contributed by atoms with Gasteiger partial charge in [-0.15, -0.1) is 11.3 Å². The fourth-order valence-electron chi connectivity index (χ4n) is 4.43. The van der Waals surface area contributed by atoms with Gasteiger partial charge in [0.15, 0.2) is 0 Å². The Morgan fingerprint density at radius 2 is 2.04 bits per heavy atom. The Morgan fingerprint density at radius 1 is 1.27 bits per heavy atom. The molecule has 2 aliphatic heterocycles. The van der Waals surface area contributed by atoms with E-state index >= 15 is 0 Å². The first-order valence-electron chi connectivity index (χ1n) is 9.60. The average Bonchev–Trinajstić information content (AvgIpc) is 3.25. The molecule has 6 heteroatoms. The molecule has 5 nitrogen and oxygen atoms in total. The summed E-state index contributed by atoms with van der Waals surface area (Å²) in [6.45, 7) is 10.2. The summed E-state index contributed by atoms with van der Waals surface area (Å²) in [7, 11) is 0. The summed E-state index contributed by atoms with van der Waals surface area (Å²) >= 11 is 1.40. The van der Waals surface area contributed by atoms with Gasteiger partial charge in [0.1, 0.15) is 10.7 Å². The molecule has 1 unspecified atom stereocenters. The predicted molar refractivity (Wildman–Crippen MR) is 105 cm³/mol. The first-order chi connectivity index (χ1) is 12.3. The van der Waals surface area contributed by atoms with Crippen molar-refractivity contribution in [1.82, 2.24) is 14.5 Å². The van der Waals surface area contributed by atoms with Crippen molar-refractivity contribution >= 4 is 27.5 Å². The van der Waals surface area contributed by atoms with Crippen molar-refractivity contribution in [2.75, 3.05) is 6.54 Å². The zero-order chi connectivity index (χ0) is 18.6. The number of rotatable bonds is 2. The molecule has 1 saturated heterocycles. The van der Waals surface area contributed by atoms with Crippen LogP contribution in [0.1, 0.15) is 67.5 Å². The maximum atomic E-state index is 13.3. The number of carbonyl (C=O) groups is 1. The summed E-state index contributed by atoms with van der Waals surface area (Å²) in [5.41, 5.74) is 1.04. The van der Waals surface area contributed by atoms with Gasteiger partial charge in [0, 0.05) is 25.6 Å². The van der Waals surface area contributed by atoms with Gasteiger partial charge in [0.05, 0.1) is 10.3 Å². The lowest BCUT2D eigenvalue weighted by Crippen LogP contribution is -2.37. The molecule has 4 rings (SSSR count). The van der Waals surface area contributed by atoms with Gasteiger partial charge in [-0.1, -0.05) is 20.8 Å². The maximum Gasteiger partial charge on any atom is 0.264 e. The number of aryl methyl sites for hydroxylation is 2. The Labute approximate surface area is 158 Å². The molecule has 0 N–H and O–H groups in total. The van der Waals surface area contributed by atoms with Crippen LogP contribution in [0.15, 0.2) is 4.79 Å². The average molecular weight is 374 g/mol. The summed E-state index contributed by atoms with van der Waals surface area (Å²) < 4.78 is 1.79. The molecule has 0 aliphatic carbocycles. The number of hydrogen-bond donors (Lipinski definition) is 0. The number of fused-ring (bicyclic) bond motifs is 2. The van der Waals surface area contributed by atoms with Gasteiger partial charge in [0.2, 0.25) is 0 Å². The summed E-state index contributed by atoms with van der Waals surface area (Å²) in [5.74, 6) is 0.955. The van der Waals surface area contributed by atoms with Gasteiger partial charge in [-0.25, -0.2) is 4.98 Å². The Kier molecular flexibility index (Phi) is 4.21. The van der Waals surface area contributed by atoms with E-state index in [1.807, 2.05) is 11.8 Å². The minimum atomic E-state index is 0.0305. The van der Waals surface area contributed by atoms with Crippen molar-refractivity contribution in [2.45, 2.75) is 72.4 Å². The van der Waals surface area contributed by atoms with Crippen molar-refractivity contribution in [3.05, 3.63) is 26.6 Å². The lowest BCUT2D eigenvalue weighted by molar-refractivity contribution is 0.0708. The number of likely N-dealkylation sites (tertiary alicyclic amines) is 1. The first kappa shape index (κ1) is 17.7. The Bertz CT molecular complexity index is 935. The normalized spacial score (nSPS) is 20.2. The third kappa shape index (κ3) is 2.88. The number of hydrogen-bond acceptors (Lipinski definition) is 4. The second-order valence-corrected chi connectivity index (χ2v) is 9.88. The van der Waals surface area contributed by atoms with E-state index in [-0.39, 0.29) is 16.9 Å². The number of amides is 1. The van der Waals surface area contributed by atoms with E-state index in [9.17, 15) is 9.59 Å². The number of nitrogens with zero attached hydrogens (tertiary/aromatic N) is 3. The summed E-state index contributed by atoms with van der Waals surface area (Å²) in [6.07, 6.45) is 4.98. The molecule has 140 valence electrons. The minimum Gasteiger partial charge on any atom is -0.335 e. The molecule has 1 atom stereocenters. The Morgan fingerprint density at radius 3 is 2.77 bits per heavy atom. The quantitative estimate of drug-likeness (QED) is 0.805. The van der Waals surface area contributed by atoms with Gasteiger partial charge in [-0.3, -0.25) is 14.2 Å². The van der Waals surface area contributed by atoms with Gasteiger partial charge >= 0.3 is 0 Å². The van der Waals surface area contributed by atoms with Gasteiger partial charge in [0.25, 0.3) is 11.5 Å². The monoisotopic (exact) mass is 373 g/mol. The van der Waals surface area contributed by atoms with Crippen LogP contribution in [0.2, 0.25) is 0 Å². The molecular formula is C20H27N3O2S. The minimum absolute atomic E-state index is 0.0305. The Hall–Kier alpha value is -1.69. The van der Waals surface area contributed by atoms with Crippen molar-refractivity contribution in [1.29, 1.82) is 0 Å². The van der Waals surface area contributed by atoms with Crippen LogP contribution in [-0.4, -0.2) is 32.9 Å². The largest absolute Gasteiger partial charge is 0.335 e. The molecule has 0 bridgehead atoms. The topological polar surface area (TPSA) is 55.2 Å². The SMILES string of the molecule is Cc1c(C(=O)N2CCCC2CC(C)(C)C)sc2nc3n(c(=O)c12)CCC3. The van der Waals surface area contributed by atoms with Crippen molar-refractivity contribution < 1.29 is 4.79 Å². The van der Waals surface area contributed by atoms with Crippen LogP contribution >= 0.6 is 11.3 Å². The lowest BCUT2D eigenvalue weighted by atomic mass is 9.87. The maximum absolute atomic E-state index is 13.3. The number of thiophene rings is 1. The molecule has 0 saturated carbocycles. The molecule has 2 aromatic heterocycles. The fraction of sp³-hybridized carbons (Fsp3) is 0.650. The number of carbonyl (C=O) groups excluding carboxylic acids is 1. The van der Waals surface area contributed by atoms with Crippen molar-refractivity contribution in [3.63, 3.8) is 0 Å². The third-order valence-electron chi connectivity index (χ3n) is 5.59. The van der Waals surface area contributed by atoms with Crippen LogP contribution in [0.25, 0.3) is 10.2 Å². The van der Waals surface area contributed by atoms with Crippen LogP contribution in [0.4, 0.5) is 0 Å². The molecule has 26 heavy (non-hydrogen) atoms. The van der Waals surface area contributed by atoms with Crippen molar-refractivity contribution in [2.24, 2.45) is 5.41 Å². The highest BCUT2D eigenvalue weighted by molar-refractivity contribution is 7.20. The molecule has 2 aromatic rings. The smallest absolute Gasteiger partial charge is 0.264 e. The van der Waals surface area contributed by atoms with Crippen LogP contribution in [0.5, 0.6) is 0 Å². The van der Waals surface area contributed by atoms with E-state index in [1.165, 1.54) is 11.3 Å². The summed E-state index contributed by atoms with van der Waals surface area (Å²) in [5, 5.41) is 0.649.